The first-order valence-corrected chi connectivity index (χ1v) is 12.5. The fourth-order valence-electron chi connectivity index (χ4n) is 3.56. The van der Waals surface area contributed by atoms with Gasteiger partial charge in [-0.2, -0.15) is 0 Å². The standard InChI is InChI=1S/C26H31BrN2O6/c1-18(2)10-13-34-23-9-8-19(27)16-21(23)26(32)29-12-11-28-25(31)22(29)17-24(30)35-15-14-33-20-6-4-3-5-7-20/h3-9,16,18,22H,10-15,17H2,1-2H3,(H,28,31). The number of ether oxygens (including phenoxy) is 3. The van der Waals surface area contributed by atoms with Gasteiger partial charge in [0.25, 0.3) is 5.91 Å². The van der Waals surface area contributed by atoms with Crippen LogP contribution in [-0.2, 0) is 14.3 Å². The lowest BCUT2D eigenvalue weighted by atomic mass is 10.1. The van der Waals surface area contributed by atoms with Crippen LogP contribution in [0.2, 0.25) is 0 Å². The normalized spacial score (nSPS) is 15.5. The molecule has 3 rings (SSSR count). The van der Waals surface area contributed by atoms with Gasteiger partial charge in [-0.15, -0.1) is 0 Å². The van der Waals surface area contributed by atoms with E-state index in [0.717, 1.165) is 6.42 Å². The van der Waals surface area contributed by atoms with Crippen LogP contribution in [0.15, 0.2) is 53.0 Å². The van der Waals surface area contributed by atoms with E-state index in [1.807, 2.05) is 18.2 Å². The number of hydrogen-bond donors (Lipinski definition) is 1. The van der Waals surface area contributed by atoms with Crippen LogP contribution in [-0.4, -0.2) is 61.6 Å². The van der Waals surface area contributed by atoms with Crippen molar-refractivity contribution in [1.29, 1.82) is 0 Å². The zero-order valence-electron chi connectivity index (χ0n) is 20.0. The van der Waals surface area contributed by atoms with Gasteiger partial charge in [-0.25, -0.2) is 0 Å². The first-order chi connectivity index (χ1) is 16.8. The van der Waals surface area contributed by atoms with Crippen LogP contribution in [0.25, 0.3) is 0 Å². The largest absolute Gasteiger partial charge is 0.493 e. The number of halogens is 1. The average molecular weight is 547 g/mol. The van der Waals surface area contributed by atoms with Gasteiger partial charge in [0.05, 0.1) is 18.6 Å². The van der Waals surface area contributed by atoms with E-state index in [9.17, 15) is 14.4 Å². The fraction of sp³-hybridized carbons (Fsp3) is 0.423. The maximum Gasteiger partial charge on any atom is 0.308 e. The van der Waals surface area contributed by atoms with Gasteiger partial charge in [0, 0.05) is 17.6 Å². The molecule has 1 fully saturated rings. The molecule has 0 aliphatic carbocycles. The number of nitrogens with one attached hydrogen (secondary N) is 1. The third kappa shape index (κ3) is 7.99. The van der Waals surface area contributed by atoms with E-state index in [1.165, 1.54) is 4.90 Å². The quantitative estimate of drug-likeness (QED) is 0.340. The predicted octanol–water partition coefficient (Wildman–Crippen LogP) is 3.83. The Balaban J connectivity index is 1.63. The molecule has 0 spiro atoms. The van der Waals surface area contributed by atoms with Crippen LogP contribution >= 0.6 is 15.9 Å². The number of benzene rings is 2. The number of rotatable bonds is 11. The van der Waals surface area contributed by atoms with Crippen molar-refractivity contribution in [1.82, 2.24) is 10.2 Å². The van der Waals surface area contributed by atoms with E-state index in [-0.39, 0.29) is 38.0 Å². The van der Waals surface area contributed by atoms with Crippen LogP contribution in [0.5, 0.6) is 11.5 Å². The van der Waals surface area contributed by atoms with E-state index in [0.29, 0.717) is 40.6 Å². The highest BCUT2D eigenvalue weighted by Crippen LogP contribution is 2.27. The van der Waals surface area contributed by atoms with Gasteiger partial charge in [0.15, 0.2) is 0 Å². The Labute approximate surface area is 214 Å². The summed E-state index contributed by atoms with van der Waals surface area (Å²) in [5.74, 6) is 0.245. The second-order valence-electron chi connectivity index (χ2n) is 8.56. The Morgan fingerprint density at radius 1 is 1.09 bits per heavy atom. The number of nitrogens with zero attached hydrogens (tertiary/aromatic N) is 1. The summed E-state index contributed by atoms with van der Waals surface area (Å²) >= 11 is 3.41. The SMILES string of the molecule is CC(C)CCOc1ccc(Br)cc1C(=O)N1CCNC(=O)C1CC(=O)OCCOc1ccccc1. The van der Waals surface area contributed by atoms with E-state index in [1.54, 1.807) is 30.3 Å². The Hall–Kier alpha value is -3.07. The van der Waals surface area contributed by atoms with Gasteiger partial charge in [-0.1, -0.05) is 48.0 Å². The van der Waals surface area contributed by atoms with Crippen LogP contribution in [0.4, 0.5) is 0 Å². The maximum absolute atomic E-state index is 13.5. The first kappa shape index (κ1) is 26.5. The average Bonchev–Trinajstić information content (AvgIpc) is 2.84. The lowest BCUT2D eigenvalue weighted by Gasteiger charge is -2.35. The monoisotopic (exact) mass is 546 g/mol. The van der Waals surface area contributed by atoms with E-state index in [4.69, 9.17) is 14.2 Å². The van der Waals surface area contributed by atoms with Crippen LogP contribution in [0, 0.1) is 5.92 Å². The Kier molecular flexibility index (Phi) is 9.96. The maximum atomic E-state index is 13.5. The van der Waals surface area contributed by atoms with Crippen LogP contribution in [0.3, 0.4) is 0 Å². The van der Waals surface area contributed by atoms with Crippen molar-refractivity contribution >= 4 is 33.7 Å². The molecule has 9 heteroatoms. The molecule has 1 atom stereocenters. The fourth-order valence-corrected chi connectivity index (χ4v) is 3.92. The molecule has 1 saturated heterocycles. The summed E-state index contributed by atoms with van der Waals surface area (Å²) in [6.07, 6.45) is 0.596. The summed E-state index contributed by atoms with van der Waals surface area (Å²) in [6, 6.07) is 13.4. The van der Waals surface area contributed by atoms with Gasteiger partial charge in [-0.3, -0.25) is 14.4 Å². The molecule has 1 heterocycles. The summed E-state index contributed by atoms with van der Waals surface area (Å²) in [5, 5.41) is 2.73. The molecule has 1 aliphatic rings. The Bertz CT molecular complexity index is 1010. The minimum absolute atomic E-state index is 0.0372. The first-order valence-electron chi connectivity index (χ1n) is 11.7. The molecule has 8 nitrogen and oxygen atoms in total. The molecule has 188 valence electrons. The highest BCUT2D eigenvalue weighted by molar-refractivity contribution is 9.10. The van der Waals surface area contributed by atoms with Gasteiger partial charge in [0.1, 0.15) is 30.8 Å². The van der Waals surface area contributed by atoms with Crippen LogP contribution < -0.4 is 14.8 Å². The highest BCUT2D eigenvalue weighted by Gasteiger charge is 2.36. The summed E-state index contributed by atoms with van der Waals surface area (Å²) in [6.45, 7) is 5.47. The van der Waals surface area contributed by atoms with Crippen molar-refractivity contribution in [2.75, 3.05) is 32.9 Å². The molecule has 2 amide bonds. The summed E-state index contributed by atoms with van der Waals surface area (Å²) < 4.78 is 17.4. The summed E-state index contributed by atoms with van der Waals surface area (Å²) in [4.78, 5) is 40.0. The molecule has 2 aromatic rings. The van der Waals surface area contributed by atoms with Crippen LogP contribution in [0.1, 0.15) is 37.0 Å². The summed E-state index contributed by atoms with van der Waals surface area (Å²) in [7, 11) is 0. The molecular formula is C26H31BrN2O6. The number of para-hydroxylation sites is 1. The van der Waals surface area contributed by atoms with Crippen molar-refractivity contribution in [2.45, 2.75) is 32.7 Å². The van der Waals surface area contributed by atoms with E-state index < -0.39 is 12.0 Å². The lowest BCUT2D eigenvalue weighted by molar-refractivity contribution is -0.148. The molecule has 35 heavy (non-hydrogen) atoms. The number of esters is 1. The third-order valence-electron chi connectivity index (χ3n) is 5.43. The number of carbonyl (C=O) groups is 3. The lowest BCUT2D eigenvalue weighted by Crippen LogP contribution is -2.57. The molecule has 1 N–H and O–H groups in total. The number of carbonyl (C=O) groups excluding carboxylic acids is 3. The minimum atomic E-state index is -0.971. The number of hydrogen-bond acceptors (Lipinski definition) is 6. The molecular weight excluding hydrogens is 516 g/mol. The molecule has 0 saturated carbocycles. The molecule has 0 aromatic heterocycles. The van der Waals surface area contributed by atoms with Crippen molar-refractivity contribution in [3.8, 4) is 11.5 Å². The zero-order valence-corrected chi connectivity index (χ0v) is 21.6. The van der Waals surface area contributed by atoms with Gasteiger partial charge >= 0.3 is 5.97 Å². The minimum Gasteiger partial charge on any atom is -0.493 e. The second kappa shape index (κ2) is 13.1. The Morgan fingerprint density at radius 3 is 2.60 bits per heavy atom. The van der Waals surface area contributed by atoms with Crippen molar-refractivity contribution < 1.29 is 28.6 Å². The molecule has 0 bridgehead atoms. The zero-order chi connectivity index (χ0) is 25.2. The van der Waals surface area contributed by atoms with Crippen molar-refractivity contribution in [2.24, 2.45) is 5.92 Å². The van der Waals surface area contributed by atoms with E-state index in [2.05, 4.69) is 35.1 Å². The summed E-state index contributed by atoms with van der Waals surface area (Å²) in [5.41, 5.74) is 0.340. The van der Waals surface area contributed by atoms with E-state index >= 15 is 0 Å². The third-order valence-corrected chi connectivity index (χ3v) is 5.93. The molecule has 1 aliphatic heterocycles. The number of piperazine rings is 1. The number of amides is 2. The predicted molar refractivity (Wildman–Crippen MR) is 134 cm³/mol. The topological polar surface area (TPSA) is 94.2 Å². The van der Waals surface area contributed by atoms with Gasteiger partial charge in [-0.05, 0) is 42.7 Å². The molecule has 1 unspecified atom stereocenters. The molecule has 2 aromatic carbocycles. The van der Waals surface area contributed by atoms with Gasteiger partial charge in [0.2, 0.25) is 5.91 Å². The second-order valence-corrected chi connectivity index (χ2v) is 9.48. The highest BCUT2D eigenvalue weighted by atomic mass is 79.9. The van der Waals surface area contributed by atoms with Gasteiger partial charge < -0.3 is 24.4 Å². The molecule has 0 radical (unpaired) electrons. The Morgan fingerprint density at radius 2 is 1.86 bits per heavy atom. The smallest absolute Gasteiger partial charge is 0.308 e. The van der Waals surface area contributed by atoms with Crippen molar-refractivity contribution in [3.63, 3.8) is 0 Å². The van der Waals surface area contributed by atoms with Crippen molar-refractivity contribution in [3.05, 3.63) is 58.6 Å².